The quantitative estimate of drug-likeness (QED) is 0.472. The van der Waals surface area contributed by atoms with Gasteiger partial charge in [-0.1, -0.05) is 0 Å². The Kier molecular flexibility index (Phi) is 1.67. The number of thiophene rings is 1. The monoisotopic (exact) mass is 238 g/mol. The zero-order chi connectivity index (χ0) is 11.2. The molecular weight excluding hydrogens is 232 g/mol. The van der Waals surface area contributed by atoms with Crippen LogP contribution in [0.1, 0.15) is 0 Å². The van der Waals surface area contributed by atoms with Gasteiger partial charge in [-0.2, -0.15) is 0 Å². The fraction of sp³-hybridized carbons (Fsp3) is 0. The maximum Gasteiger partial charge on any atom is 0.178 e. The van der Waals surface area contributed by atoms with Crippen LogP contribution in [-0.2, 0) is 0 Å². The SMILES string of the molecule is c1cnc2nc3c(nc2c1)sc1cnccc13. The molecule has 0 saturated carbocycles. The van der Waals surface area contributed by atoms with Crippen molar-refractivity contribution in [1.29, 1.82) is 0 Å². The van der Waals surface area contributed by atoms with E-state index in [2.05, 4.69) is 19.9 Å². The van der Waals surface area contributed by atoms with Gasteiger partial charge >= 0.3 is 0 Å². The van der Waals surface area contributed by atoms with Crippen molar-refractivity contribution >= 4 is 42.9 Å². The van der Waals surface area contributed by atoms with Gasteiger partial charge in [-0.05, 0) is 18.2 Å². The Morgan fingerprint density at radius 1 is 1.06 bits per heavy atom. The molecule has 0 bridgehead atoms. The molecule has 4 aromatic heterocycles. The van der Waals surface area contributed by atoms with Crippen molar-refractivity contribution in [3.05, 3.63) is 36.8 Å². The fourth-order valence-electron chi connectivity index (χ4n) is 1.89. The van der Waals surface area contributed by atoms with Crippen molar-refractivity contribution in [3.8, 4) is 0 Å². The number of fused-ring (bicyclic) bond motifs is 4. The van der Waals surface area contributed by atoms with Gasteiger partial charge < -0.3 is 0 Å². The highest BCUT2D eigenvalue weighted by Crippen LogP contribution is 2.31. The molecule has 4 nitrogen and oxygen atoms in total. The van der Waals surface area contributed by atoms with E-state index in [-0.39, 0.29) is 0 Å². The molecule has 4 heterocycles. The van der Waals surface area contributed by atoms with Crippen LogP contribution in [0.5, 0.6) is 0 Å². The molecule has 0 fully saturated rings. The minimum Gasteiger partial charge on any atom is -0.263 e. The number of aromatic nitrogens is 4. The van der Waals surface area contributed by atoms with Gasteiger partial charge in [0.1, 0.15) is 15.9 Å². The lowest BCUT2D eigenvalue weighted by Crippen LogP contribution is -1.86. The van der Waals surface area contributed by atoms with Gasteiger partial charge in [0.2, 0.25) is 0 Å². The maximum atomic E-state index is 4.58. The second kappa shape index (κ2) is 3.18. The molecular formula is C12H6N4S. The van der Waals surface area contributed by atoms with Gasteiger partial charge in [0.05, 0.1) is 4.70 Å². The molecule has 0 spiro atoms. The molecule has 0 aliphatic rings. The van der Waals surface area contributed by atoms with Crippen LogP contribution in [0, 0.1) is 0 Å². The summed E-state index contributed by atoms with van der Waals surface area (Å²) in [5.74, 6) is 0. The Bertz CT molecular complexity index is 847. The lowest BCUT2D eigenvalue weighted by atomic mass is 10.3. The van der Waals surface area contributed by atoms with E-state index >= 15 is 0 Å². The topological polar surface area (TPSA) is 51.6 Å². The second-order valence-electron chi connectivity index (χ2n) is 3.70. The van der Waals surface area contributed by atoms with Crippen molar-refractivity contribution < 1.29 is 0 Å². The predicted molar refractivity (Wildman–Crippen MR) is 68.0 cm³/mol. The van der Waals surface area contributed by atoms with Crippen molar-refractivity contribution in [3.63, 3.8) is 0 Å². The summed E-state index contributed by atoms with van der Waals surface area (Å²) < 4.78 is 1.11. The minimum absolute atomic E-state index is 0.691. The molecule has 0 N–H and O–H groups in total. The van der Waals surface area contributed by atoms with Crippen LogP contribution in [-0.4, -0.2) is 19.9 Å². The third-order valence-electron chi connectivity index (χ3n) is 2.65. The first-order valence-electron chi connectivity index (χ1n) is 5.17. The Hall–Kier alpha value is -2.14. The molecule has 5 heteroatoms. The number of pyridine rings is 2. The standard InChI is InChI=1S/C12H6N4S/c1-2-8-11(14-4-1)16-10-7-3-5-13-6-9(7)17-12(10)15-8/h1-6H. The Morgan fingerprint density at radius 3 is 3.06 bits per heavy atom. The van der Waals surface area contributed by atoms with E-state index in [1.54, 1.807) is 23.7 Å². The smallest absolute Gasteiger partial charge is 0.178 e. The highest BCUT2D eigenvalue weighted by atomic mass is 32.1. The molecule has 0 aromatic carbocycles. The first-order chi connectivity index (χ1) is 8.42. The number of rotatable bonds is 0. The molecule has 0 aliphatic heterocycles. The third-order valence-corrected chi connectivity index (χ3v) is 3.68. The van der Waals surface area contributed by atoms with Crippen molar-refractivity contribution in [2.24, 2.45) is 0 Å². The number of hydrogen-bond acceptors (Lipinski definition) is 5. The van der Waals surface area contributed by atoms with Gasteiger partial charge in [-0.15, -0.1) is 11.3 Å². The lowest BCUT2D eigenvalue weighted by Gasteiger charge is -1.94. The molecule has 4 rings (SSSR count). The van der Waals surface area contributed by atoms with Gasteiger partial charge in [0.15, 0.2) is 5.65 Å². The summed E-state index contributed by atoms with van der Waals surface area (Å²) in [7, 11) is 0. The molecule has 0 unspecified atom stereocenters. The van der Waals surface area contributed by atoms with Crippen LogP contribution >= 0.6 is 11.3 Å². The van der Waals surface area contributed by atoms with Gasteiger partial charge in [0.25, 0.3) is 0 Å². The highest BCUT2D eigenvalue weighted by Gasteiger charge is 2.09. The molecule has 0 amide bonds. The number of nitrogens with zero attached hydrogens (tertiary/aromatic N) is 4. The molecule has 0 radical (unpaired) electrons. The van der Waals surface area contributed by atoms with E-state index in [1.807, 2.05) is 24.4 Å². The number of hydrogen-bond donors (Lipinski definition) is 0. The zero-order valence-corrected chi connectivity index (χ0v) is 9.48. The Labute approximate surface area is 100.0 Å². The summed E-state index contributed by atoms with van der Waals surface area (Å²) in [4.78, 5) is 18.4. The highest BCUT2D eigenvalue weighted by molar-refractivity contribution is 7.25. The molecule has 80 valence electrons. The molecule has 0 saturated heterocycles. The Morgan fingerprint density at radius 2 is 2.06 bits per heavy atom. The average Bonchev–Trinajstić information content (AvgIpc) is 2.73. The van der Waals surface area contributed by atoms with Crippen LogP contribution in [0.15, 0.2) is 36.8 Å². The summed E-state index contributed by atoms with van der Waals surface area (Å²) in [6, 6.07) is 5.77. The largest absolute Gasteiger partial charge is 0.263 e. The van der Waals surface area contributed by atoms with E-state index in [4.69, 9.17) is 0 Å². The van der Waals surface area contributed by atoms with E-state index in [0.29, 0.717) is 5.65 Å². The van der Waals surface area contributed by atoms with Crippen molar-refractivity contribution in [1.82, 2.24) is 19.9 Å². The van der Waals surface area contributed by atoms with Crippen LogP contribution < -0.4 is 0 Å². The van der Waals surface area contributed by atoms with Gasteiger partial charge in [0, 0.05) is 24.0 Å². The summed E-state index contributed by atoms with van der Waals surface area (Å²) in [6.07, 6.45) is 5.36. The van der Waals surface area contributed by atoms with E-state index in [0.717, 1.165) is 25.9 Å². The van der Waals surface area contributed by atoms with Crippen LogP contribution in [0.3, 0.4) is 0 Å². The molecule has 0 atom stereocenters. The van der Waals surface area contributed by atoms with Crippen molar-refractivity contribution in [2.75, 3.05) is 0 Å². The van der Waals surface area contributed by atoms with Crippen molar-refractivity contribution in [2.45, 2.75) is 0 Å². The normalized spacial score (nSPS) is 11.5. The summed E-state index contributed by atoms with van der Waals surface area (Å²) >= 11 is 1.61. The molecule has 17 heavy (non-hydrogen) atoms. The van der Waals surface area contributed by atoms with Crippen LogP contribution in [0.2, 0.25) is 0 Å². The first kappa shape index (κ1) is 8.95. The van der Waals surface area contributed by atoms with E-state index < -0.39 is 0 Å². The maximum absolute atomic E-state index is 4.58. The minimum atomic E-state index is 0.691. The van der Waals surface area contributed by atoms with Gasteiger partial charge in [-0.3, -0.25) is 4.98 Å². The average molecular weight is 238 g/mol. The van der Waals surface area contributed by atoms with E-state index in [9.17, 15) is 0 Å². The summed E-state index contributed by atoms with van der Waals surface area (Å²) in [5.41, 5.74) is 2.44. The second-order valence-corrected chi connectivity index (χ2v) is 4.73. The molecule has 0 aliphatic carbocycles. The summed E-state index contributed by atoms with van der Waals surface area (Å²) in [5, 5.41) is 1.10. The van der Waals surface area contributed by atoms with E-state index in [1.165, 1.54) is 0 Å². The fourth-order valence-corrected chi connectivity index (χ4v) is 2.88. The lowest BCUT2D eigenvalue weighted by molar-refractivity contribution is 1.30. The predicted octanol–water partition coefficient (Wildman–Crippen LogP) is 2.79. The Balaban J connectivity index is 2.28. The first-order valence-corrected chi connectivity index (χ1v) is 5.98. The third kappa shape index (κ3) is 1.23. The zero-order valence-electron chi connectivity index (χ0n) is 8.66. The van der Waals surface area contributed by atoms with Crippen LogP contribution in [0.4, 0.5) is 0 Å². The molecule has 4 aromatic rings. The van der Waals surface area contributed by atoms with Gasteiger partial charge in [-0.25, -0.2) is 15.0 Å². The summed E-state index contributed by atoms with van der Waals surface area (Å²) in [6.45, 7) is 0. The van der Waals surface area contributed by atoms with Crippen LogP contribution in [0.25, 0.3) is 31.6 Å².